The van der Waals surface area contributed by atoms with Crippen molar-refractivity contribution in [3.8, 4) is 0 Å². The zero-order valence-corrected chi connectivity index (χ0v) is 39.4. The molecule has 0 saturated carbocycles. The Hall–Kier alpha value is -2.45. The van der Waals surface area contributed by atoms with Crippen LogP contribution >= 0.6 is 0 Å². The summed E-state index contributed by atoms with van der Waals surface area (Å²) in [5.41, 5.74) is 10.2. The van der Waals surface area contributed by atoms with E-state index in [0.29, 0.717) is 25.6 Å². The van der Waals surface area contributed by atoms with Gasteiger partial charge in [-0.05, 0) is 72.8 Å². The number of nitrogens with one attached hydrogen (secondary N) is 3. The molecule has 0 radical (unpaired) electrons. The zero-order chi connectivity index (χ0) is 39.7. The van der Waals surface area contributed by atoms with Crippen LogP contribution in [0.15, 0.2) is 70.8 Å². The first-order valence-corrected chi connectivity index (χ1v) is 29.0. The van der Waals surface area contributed by atoms with Crippen molar-refractivity contribution in [3.05, 3.63) is 104 Å². The average molecular weight is 778 g/mol. The summed E-state index contributed by atoms with van der Waals surface area (Å²) in [6, 6.07) is 12.3. The van der Waals surface area contributed by atoms with Crippen molar-refractivity contribution in [3.63, 3.8) is 0 Å². The molecule has 0 saturated heterocycles. The Morgan fingerprint density at radius 2 is 1.00 bits per heavy atom. The van der Waals surface area contributed by atoms with E-state index < -0.39 is 16.1 Å². The van der Waals surface area contributed by atoms with Crippen molar-refractivity contribution >= 4 is 28.0 Å². The van der Waals surface area contributed by atoms with Gasteiger partial charge in [0, 0.05) is 34.6 Å². The first kappa shape index (κ1) is 45.7. The molecule has 1 aliphatic heterocycles. The Morgan fingerprint density at radius 1 is 0.654 bits per heavy atom. The molecule has 5 nitrogen and oxygen atoms in total. The van der Waals surface area contributed by atoms with Gasteiger partial charge in [-0.3, -0.25) is 9.59 Å². The van der Waals surface area contributed by atoms with E-state index in [1.54, 1.807) is 8.70 Å². The van der Waals surface area contributed by atoms with Crippen LogP contribution in [0.4, 0.5) is 0 Å². The summed E-state index contributed by atoms with van der Waals surface area (Å²) in [5.74, 6) is 0.754. The Kier molecular flexibility index (Phi) is 17.4. The molecule has 286 valence electrons. The summed E-state index contributed by atoms with van der Waals surface area (Å²) in [5, 5.41) is 9.85. The predicted octanol–water partition coefficient (Wildman–Crippen LogP) is 12.4. The Bertz CT molecular complexity index is 1590. The van der Waals surface area contributed by atoms with Crippen molar-refractivity contribution in [2.45, 2.75) is 154 Å². The maximum atomic E-state index is 13.7. The fourth-order valence-electron chi connectivity index (χ4n) is 6.29. The fraction of sp³-hybridized carbons (Fsp3) is 0.545. The summed E-state index contributed by atoms with van der Waals surface area (Å²) < 4.78 is 3.30. The second-order valence-corrected chi connectivity index (χ2v) is 33.4. The molecule has 0 spiro atoms. The minimum atomic E-state index is -0.679. The van der Waals surface area contributed by atoms with Crippen LogP contribution < -0.4 is 16.0 Å². The molecule has 3 N–H and O–H groups in total. The molecular formula is C44H71N3O2Si2Ti. The van der Waals surface area contributed by atoms with E-state index in [1.165, 1.54) is 0 Å². The molecule has 2 aromatic carbocycles. The summed E-state index contributed by atoms with van der Waals surface area (Å²) in [6.45, 7) is 37.9. The molecule has 1 aliphatic rings. The topological polar surface area (TPSA) is 70.2 Å². The van der Waals surface area contributed by atoms with E-state index in [1.807, 2.05) is 38.1 Å². The number of rotatable bonds is 12. The summed E-state index contributed by atoms with van der Waals surface area (Å²) in [7, 11) is -1.36. The predicted molar refractivity (Wildman–Crippen MR) is 227 cm³/mol. The van der Waals surface area contributed by atoms with Gasteiger partial charge in [-0.25, -0.2) is 0 Å². The van der Waals surface area contributed by atoms with Crippen LogP contribution in [-0.4, -0.2) is 28.0 Å². The number of benzene rings is 2. The van der Waals surface area contributed by atoms with Crippen molar-refractivity contribution in [1.29, 1.82) is 0 Å². The number of allylic oxidation sites excluding steroid dienone is 4. The molecular weight excluding hydrogens is 707 g/mol. The second kappa shape index (κ2) is 19.7. The normalized spacial score (nSPS) is 15.5. The molecule has 3 rings (SSSR count). The summed E-state index contributed by atoms with van der Waals surface area (Å²) in [6.07, 6.45) is 2.75. The van der Waals surface area contributed by atoms with Gasteiger partial charge in [0.2, 0.25) is 0 Å². The number of amides is 2. The quantitative estimate of drug-likeness (QED) is 0.188. The van der Waals surface area contributed by atoms with Crippen LogP contribution in [0, 0.1) is 0 Å². The summed E-state index contributed by atoms with van der Waals surface area (Å²) >= 11 is 0.443. The van der Waals surface area contributed by atoms with Crippen LogP contribution in [0.2, 0.25) is 48.0 Å². The monoisotopic (exact) mass is 777 g/mol. The number of carbonyl (C=O) groups excluding carboxylic acids is 2. The molecule has 0 atom stereocenters. The first-order valence-electron chi connectivity index (χ1n) is 19.4. The van der Waals surface area contributed by atoms with Crippen molar-refractivity contribution in [1.82, 2.24) is 16.0 Å². The van der Waals surface area contributed by atoms with E-state index >= 15 is 0 Å². The third-order valence-electron chi connectivity index (χ3n) is 9.10. The third kappa shape index (κ3) is 14.1. The van der Waals surface area contributed by atoms with Crippen LogP contribution in [-0.2, 0) is 19.2 Å². The average Bonchev–Trinajstić information content (AvgIpc) is 3.02. The molecule has 8 heteroatoms. The van der Waals surface area contributed by atoms with Crippen molar-refractivity contribution in [2.24, 2.45) is 0 Å². The van der Waals surface area contributed by atoms with Gasteiger partial charge in [0.1, 0.15) is 0 Å². The SMILES string of the molecule is CC1=CC(=C(C)NC(=O)c2c(C(C)C)cccc2C(C)C)NC(=C(C)NC(=O)c2c(C(C)C)cccc2C(C)C)C1.C[Si](C)(C)[CH2][Ti][CH2][Si](C)(C)C. The van der Waals surface area contributed by atoms with Crippen LogP contribution in [0.5, 0.6) is 0 Å². The molecule has 1 heterocycles. The van der Waals surface area contributed by atoms with E-state index in [0.717, 1.165) is 61.7 Å². The third-order valence-corrected chi connectivity index (χ3v) is 24.0. The number of carbonyl (C=O) groups is 2. The summed E-state index contributed by atoms with van der Waals surface area (Å²) in [4.78, 5) is 27.3. The number of hydrogen-bond donors (Lipinski definition) is 3. The zero-order valence-electron chi connectivity index (χ0n) is 35.8. The van der Waals surface area contributed by atoms with Crippen LogP contribution in [0.3, 0.4) is 0 Å². The second-order valence-electron chi connectivity index (χ2n) is 18.3. The minimum absolute atomic E-state index is 0.0842. The molecule has 0 aromatic heterocycles. The van der Waals surface area contributed by atoms with E-state index in [9.17, 15) is 9.59 Å². The van der Waals surface area contributed by atoms with E-state index in [-0.39, 0.29) is 35.5 Å². The number of hydrogen-bond acceptors (Lipinski definition) is 3. The van der Waals surface area contributed by atoms with Gasteiger partial charge in [-0.15, -0.1) is 0 Å². The molecule has 0 bridgehead atoms. The van der Waals surface area contributed by atoms with Gasteiger partial charge < -0.3 is 16.0 Å². The van der Waals surface area contributed by atoms with Crippen LogP contribution in [0.25, 0.3) is 0 Å². The Balaban J connectivity index is 0.000000734. The molecule has 0 unspecified atom stereocenters. The van der Waals surface area contributed by atoms with Crippen molar-refractivity contribution in [2.75, 3.05) is 0 Å². The molecule has 2 amide bonds. The molecule has 0 aliphatic carbocycles. The van der Waals surface area contributed by atoms with Crippen molar-refractivity contribution < 1.29 is 28.7 Å². The Labute approximate surface area is 329 Å². The van der Waals surface area contributed by atoms with Crippen LogP contribution in [0.1, 0.15) is 149 Å². The maximum absolute atomic E-state index is 13.7. The van der Waals surface area contributed by atoms with Gasteiger partial charge >= 0.3 is 83.3 Å². The van der Waals surface area contributed by atoms with Gasteiger partial charge in [-0.2, -0.15) is 0 Å². The van der Waals surface area contributed by atoms with Gasteiger partial charge in [0.15, 0.2) is 0 Å². The van der Waals surface area contributed by atoms with Gasteiger partial charge in [-0.1, -0.05) is 97.4 Å². The molecule has 2 aromatic rings. The standard InChI is InChI=1S/C36H49N3O2.2C4H11Si.Ti/c1-20(2)27-14-12-15-28(21(3)4)33(27)35(40)37-25(10)31-18-24(9)19-32(39-31)26(11)38-36(41)34-29(22(5)6)16-13-17-30(34)23(7)8;2*1-5(2,3)4;/h12-18,20-23,39H,19H2,1-11H3,(H,37,40)(H,38,41);2*1H2,2-4H3;. The molecule has 52 heavy (non-hydrogen) atoms. The molecule has 0 fully saturated rings. The van der Waals surface area contributed by atoms with E-state index in [2.05, 4.69) is 136 Å². The fourth-order valence-corrected chi connectivity index (χ4v) is 17.1. The van der Waals surface area contributed by atoms with Gasteiger partial charge in [0.25, 0.3) is 11.8 Å². The Morgan fingerprint density at radius 3 is 1.33 bits per heavy atom. The first-order chi connectivity index (χ1) is 23.9. The van der Waals surface area contributed by atoms with E-state index in [4.69, 9.17) is 0 Å². The van der Waals surface area contributed by atoms with Gasteiger partial charge in [0.05, 0.1) is 5.70 Å².